The van der Waals surface area contributed by atoms with Crippen LogP contribution in [0.3, 0.4) is 0 Å². The van der Waals surface area contributed by atoms with Crippen molar-refractivity contribution in [3.05, 3.63) is 35.7 Å². The Labute approximate surface area is 143 Å². The molecule has 24 heavy (non-hydrogen) atoms. The van der Waals surface area contributed by atoms with Crippen molar-refractivity contribution < 1.29 is 4.90 Å². The molecule has 0 radical (unpaired) electrons. The predicted molar refractivity (Wildman–Crippen MR) is 96.0 cm³/mol. The minimum absolute atomic E-state index is 0.272. The fourth-order valence-corrected chi connectivity index (χ4v) is 3.70. The molecule has 3 atom stereocenters. The van der Waals surface area contributed by atoms with Gasteiger partial charge in [0.1, 0.15) is 6.54 Å². The van der Waals surface area contributed by atoms with Crippen molar-refractivity contribution in [3.8, 4) is 0 Å². The summed E-state index contributed by atoms with van der Waals surface area (Å²) in [4.78, 5) is 14.7. The summed E-state index contributed by atoms with van der Waals surface area (Å²) in [5, 5.41) is 3.26. The molecule has 0 spiro atoms. The van der Waals surface area contributed by atoms with Crippen LogP contribution in [0.4, 0.5) is 17.6 Å². The molecule has 3 rings (SSSR count). The number of nitrogens with two attached hydrogens (primary N) is 1. The van der Waals surface area contributed by atoms with Crippen molar-refractivity contribution in [1.82, 2.24) is 15.0 Å². The predicted octanol–water partition coefficient (Wildman–Crippen LogP) is 1.57. The van der Waals surface area contributed by atoms with E-state index in [9.17, 15) is 0 Å². The SMILES string of the molecule is Cc1ccccc1Nc1nc(N)nc(C[NH+]2C[C@H](C)C[C@H](C)C2)n1. The van der Waals surface area contributed by atoms with Gasteiger partial charge in [-0.3, -0.25) is 0 Å². The van der Waals surface area contributed by atoms with Crippen LogP contribution in [0.2, 0.25) is 0 Å². The van der Waals surface area contributed by atoms with Crippen LogP contribution in [0.25, 0.3) is 0 Å². The van der Waals surface area contributed by atoms with Crippen molar-refractivity contribution in [1.29, 1.82) is 0 Å². The summed E-state index contributed by atoms with van der Waals surface area (Å²) < 4.78 is 0. The molecule has 128 valence electrons. The van der Waals surface area contributed by atoms with E-state index in [1.165, 1.54) is 11.3 Å². The van der Waals surface area contributed by atoms with Crippen LogP contribution >= 0.6 is 0 Å². The Morgan fingerprint density at radius 1 is 1.12 bits per heavy atom. The monoisotopic (exact) mass is 327 g/mol. The van der Waals surface area contributed by atoms with E-state index in [2.05, 4.69) is 47.1 Å². The van der Waals surface area contributed by atoms with Gasteiger partial charge in [-0.2, -0.15) is 15.0 Å². The summed E-state index contributed by atoms with van der Waals surface area (Å²) in [6, 6.07) is 8.06. The third-order valence-corrected chi connectivity index (χ3v) is 4.58. The fraction of sp³-hybridized carbons (Fsp3) is 0.500. The second-order valence-corrected chi connectivity index (χ2v) is 7.15. The third kappa shape index (κ3) is 4.20. The van der Waals surface area contributed by atoms with Gasteiger partial charge in [0.15, 0.2) is 5.82 Å². The van der Waals surface area contributed by atoms with E-state index >= 15 is 0 Å². The van der Waals surface area contributed by atoms with Gasteiger partial charge in [-0.1, -0.05) is 32.0 Å². The van der Waals surface area contributed by atoms with Crippen LogP contribution in [0, 0.1) is 18.8 Å². The number of nitrogen functional groups attached to an aromatic ring is 1. The number of likely N-dealkylation sites (tertiary alicyclic amines) is 1. The molecule has 1 saturated heterocycles. The lowest BCUT2D eigenvalue weighted by Crippen LogP contribution is -3.13. The molecule has 6 heteroatoms. The van der Waals surface area contributed by atoms with Gasteiger partial charge in [0.2, 0.25) is 11.9 Å². The summed E-state index contributed by atoms with van der Waals surface area (Å²) in [6.07, 6.45) is 1.31. The summed E-state index contributed by atoms with van der Waals surface area (Å²) in [5.41, 5.74) is 8.03. The molecule has 1 fully saturated rings. The van der Waals surface area contributed by atoms with Gasteiger partial charge in [0.05, 0.1) is 13.1 Å². The summed E-state index contributed by atoms with van der Waals surface area (Å²) in [7, 11) is 0. The van der Waals surface area contributed by atoms with Crippen LogP contribution in [-0.4, -0.2) is 28.0 Å². The highest BCUT2D eigenvalue weighted by Gasteiger charge is 2.26. The van der Waals surface area contributed by atoms with Crippen molar-refractivity contribution in [2.24, 2.45) is 11.8 Å². The maximum Gasteiger partial charge on any atom is 0.232 e. The lowest BCUT2D eigenvalue weighted by atomic mass is 9.92. The molecule has 1 unspecified atom stereocenters. The smallest absolute Gasteiger partial charge is 0.232 e. The standard InChI is InChI=1S/C18H26N6/c1-12-8-13(2)10-24(9-12)11-16-21-17(19)23-18(22-16)20-15-7-5-4-6-14(15)3/h4-7,12-13H,8-11H2,1-3H3,(H3,19,20,21,22,23)/p+1/t12-,13+. The Balaban J connectivity index is 1.75. The van der Waals surface area contributed by atoms with Gasteiger partial charge in [-0.15, -0.1) is 0 Å². The number of para-hydroxylation sites is 1. The highest BCUT2D eigenvalue weighted by Crippen LogP contribution is 2.18. The van der Waals surface area contributed by atoms with Gasteiger partial charge in [-0.25, -0.2) is 0 Å². The molecule has 0 bridgehead atoms. The number of nitrogens with zero attached hydrogens (tertiary/aromatic N) is 3. The number of hydrogen-bond donors (Lipinski definition) is 3. The molecule has 2 heterocycles. The number of hydrogen-bond acceptors (Lipinski definition) is 5. The summed E-state index contributed by atoms with van der Waals surface area (Å²) in [5.74, 6) is 3.03. The normalized spacial score (nSPS) is 23.9. The first-order valence-electron chi connectivity index (χ1n) is 8.66. The van der Waals surface area contributed by atoms with E-state index in [-0.39, 0.29) is 5.95 Å². The van der Waals surface area contributed by atoms with Gasteiger partial charge in [0.25, 0.3) is 0 Å². The van der Waals surface area contributed by atoms with Crippen LogP contribution in [0.1, 0.15) is 31.7 Å². The highest BCUT2D eigenvalue weighted by molar-refractivity contribution is 5.58. The zero-order valence-corrected chi connectivity index (χ0v) is 14.7. The Kier molecular flexibility index (Phi) is 4.94. The molecule has 0 saturated carbocycles. The molecule has 1 aliphatic heterocycles. The number of nitrogens with one attached hydrogen (secondary N) is 2. The Morgan fingerprint density at radius 2 is 1.83 bits per heavy atom. The molecule has 0 aliphatic carbocycles. The first-order valence-corrected chi connectivity index (χ1v) is 8.66. The molecule has 2 aromatic rings. The first kappa shape index (κ1) is 16.6. The van der Waals surface area contributed by atoms with E-state index in [1.807, 2.05) is 18.2 Å². The number of anilines is 3. The van der Waals surface area contributed by atoms with Crippen molar-refractivity contribution in [2.75, 3.05) is 24.1 Å². The van der Waals surface area contributed by atoms with E-state index in [4.69, 9.17) is 5.73 Å². The summed E-state index contributed by atoms with van der Waals surface area (Å²) in [6.45, 7) is 9.82. The molecule has 0 amide bonds. The van der Waals surface area contributed by atoms with Gasteiger partial charge in [-0.05, 0) is 25.0 Å². The maximum absolute atomic E-state index is 5.90. The average Bonchev–Trinajstić information content (AvgIpc) is 2.48. The number of quaternary nitrogens is 1. The molecular weight excluding hydrogens is 300 g/mol. The Morgan fingerprint density at radius 3 is 2.54 bits per heavy atom. The lowest BCUT2D eigenvalue weighted by molar-refractivity contribution is -0.926. The lowest BCUT2D eigenvalue weighted by Gasteiger charge is -2.31. The van der Waals surface area contributed by atoms with Crippen LogP contribution < -0.4 is 16.0 Å². The van der Waals surface area contributed by atoms with Gasteiger partial charge in [0, 0.05) is 17.5 Å². The number of aryl methyl sites for hydroxylation is 1. The van der Waals surface area contributed by atoms with Crippen LogP contribution in [-0.2, 0) is 6.54 Å². The van der Waals surface area contributed by atoms with Crippen molar-refractivity contribution in [2.45, 2.75) is 33.7 Å². The minimum atomic E-state index is 0.272. The minimum Gasteiger partial charge on any atom is -0.368 e. The molecule has 1 aliphatic rings. The van der Waals surface area contributed by atoms with E-state index in [0.717, 1.165) is 48.5 Å². The maximum atomic E-state index is 5.90. The van der Waals surface area contributed by atoms with Crippen LogP contribution in [0.5, 0.6) is 0 Å². The van der Waals surface area contributed by atoms with Crippen molar-refractivity contribution in [3.63, 3.8) is 0 Å². The number of piperidine rings is 1. The van der Waals surface area contributed by atoms with E-state index < -0.39 is 0 Å². The zero-order chi connectivity index (χ0) is 17.1. The largest absolute Gasteiger partial charge is 0.368 e. The average molecular weight is 327 g/mol. The molecular formula is C18H27N6+. The molecule has 6 nitrogen and oxygen atoms in total. The topological polar surface area (TPSA) is 81.2 Å². The quantitative estimate of drug-likeness (QED) is 0.794. The second-order valence-electron chi connectivity index (χ2n) is 7.15. The van der Waals surface area contributed by atoms with E-state index in [0.29, 0.717) is 5.95 Å². The zero-order valence-electron chi connectivity index (χ0n) is 14.7. The second kappa shape index (κ2) is 7.13. The first-order chi connectivity index (χ1) is 11.5. The Bertz CT molecular complexity index is 692. The third-order valence-electron chi connectivity index (χ3n) is 4.58. The van der Waals surface area contributed by atoms with E-state index in [1.54, 1.807) is 0 Å². The van der Waals surface area contributed by atoms with Gasteiger partial charge >= 0.3 is 0 Å². The molecule has 4 N–H and O–H groups in total. The summed E-state index contributed by atoms with van der Waals surface area (Å²) >= 11 is 0. The van der Waals surface area contributed by atoms with Gasteiger partial charge < -0.3 is 16.0 Å². The highest BCUT2D eigenvalue weighted by atomic mass is 15.2. The fourth-order valence-electron chi connectivity index (χ4n) is 3.70. The van der Waals surface area contributed by atoms with Crippen molar-refractivity contribution >= 4 is 17.6 Å². The number of benzene rings is 1. The number of aromatic nitrogens is 3. The Hall–Kier alpha value is -2.21. The molecule has 1 aromatic carbocycles. The number of rotatable bonds is 4. The van der Waals surface area contributed by atoms with Crippen LogP contribution in [0.15, 0.2) is 24.3 Å². The molecule has 1 aromatic heterocycles.